The van der Waals surface area contributed by atoms with Crippen LogP contribution >= 0.6 is 35.3 Å². The SMILES string of the molecule is CN=C(NCc1nc(-c2ccco2)n[nH]1)NCC1(c2cccs2)CCCCC1.I. The predicted octanol–water partition coefficient (Wildman–Crippen LogP) is 4.31. The van der Waals surface area contributed by atoms with Gasteiger partial charge >= 0.3 is 0 Å². The Balaban J connectivity index is 0.00000240. The number of thiophene rings is 1. The van der Waals surface area contributed by atoms with E-state index in [1.165, 1.54) is 37.0 Å². The molecule has 3 aromatic heterocycles. The third kappa shape index (κ3) is 5.19. The van der Waals surface area contributed by atoms with Crippen LogP contribution in [0.5, 0.6) is 0 Å². The lowest BCUT2D eigenvalue weighted by Gasteiger charge is -2.37. The van der Waals surface area contributed by atoms with Crippen molar-refractivity contribution in [3.63, 3.8) is 0 Å². The maximum Gasteiger partial charge on any atom is 0.216 e. The maximum absolute atomic E-state index is 5.33. The van der Waals surface area contributed by atoms with Crippen LogP contribution in [0, 0.1) is 0 Å². The van der Waals surface area contributed by atoms with E-state index >= 15 is 0 Å². The molecule has 0 spiro atoms. The fourth-order valence-electron chi connectivity index (χ4n) is 3.85. The van der Waals surface area contributed by atoms with Gasteiger partial charge < -0.3 is 15.1 Å². The first-order valence-corrected chi connectivity index (χ1v) is 10.6. The molecule has 0 unspecified atom stereocenters. The van der Waals surface area contributed by atoms with Crippen LogP contribution in [0.15, 0.2) is 45.3 Å². The monoisotopic (exact) mass is 526 g/mol. The second kappa shape index (κ2) is 10.2. The van der Waals surface area contributed by atoms with E-state index in [9.17, 15) is 0 Å². The molecule has 1 fully saturated rings. The molecular weight excluding hydrogens is 499 g/mol. The third-order valence-corrected chi connectivity index (χ3v) is 6.49. The molecule has 1 aliphatic rings. The number of aromatic amines is 1. The second-order valence-corrected chi connectivity index (χ2v) is 8.13. The lowest BCUT2D eigenvalue weighted by Crippen LogP contribution is -2.46. The number of hydrogen-bond donors (Lipinski definition) is 3. The number of guanidine groups is 1. The Hall–Kier alpha value is -1.88. The fraction of sp³-hybridized carbons (Fsp3) is 0.450. The summed E-state index contributed by atoms with van der Waals surface area (Å²) in [5.74, 6) is 2.72. The van der Waals surface area contributed by atoms with Crippen LogP contribution in [0.3, 0.4) is 0 Å². The van der Waals surface area contributed by atoms with Gasteiger partial charge in [-0.2, -0.15) is 0 Å². The first kappa shape index (κ1) is 21.8. The van der Waals surface area contributed by atoms with Gasteiger partial charge in [-0.15, -0.1) is 40.4 Å². The van der Waals surface area contributed by atoms with Gasteiger partial charge in [0.15, 0.2) is 11.7 Å². The molecule has 29 heavy (non-hydrogen) atoms. The van der Waals surface area contributed by atoms with Gasteiger partial charge in [0, 0.05) is 23.9 Å². The summed E-state index contributed by atoms with van der Waals surface area (Å²) in [6.45, 7) is 1.40. The van der Waals surface area contributed by atoms with Gasteiger partial charge in [-0.25, -0.2) is 4.98 Å². The Labute approximate surface area is 191 Å². The number of nitrogens with one attached hydrogen (secondary N) is 3. The highest BCUT2D eigenvalue weighted by molar-refractivity contribution is 14.0. The van der Waals surface area contributed by atoms with E-state index in [1.54, 1.807) is 13.3 Å². The fourth-order valence-corrected chi connectivity index (χ4v) is 4.84. The first-order chi connectivity index (χ1) is 13.8. The summed E-state index contributed by atoms with van der Waals surface area (Å²) < 4.78 is 5.33. The summed E-state index contributed by atoms with van der Waals surface area (Å²) in [6, 6.07) is 8.10. The highest BCUT2D eigenvalue weighted by atomic mass is 127. The Morgan fingerprint density at radius 3 is 2.79 bits per heavy atom. The van der Waals surface area contributed by atoms with Crippen molar-refractivity contribution in [2.45, 2.75) is 44.1 Å². The predicted molar refractivity (Wildman–Crippen MR) is 127 cm³/mol. The summed E-state index contributed by atoms with van der Waals surface area (Å²) >= 11 is 1.87. The largest absolute Gasteiger partial charge is 0.461 e. The Bertz CT molecular complexity index is 884. The first-order valence-electron chi connectivity index (χ1n) is 9.73. The van der Waals surface area contributed by atoms with Crippen LogP contribution in [-0.4, -0.2) is 34.7 Å². The molecule has 0 aromatic carbocycles. The molecule has 9 heteroatoms. The van der Waals surface area contributed by atoms with Gasteiger partial charge in [0.1, 0.15) is 5.82 Å². The highest BCUT2D eigenvalue weighted by Crippen LogP contribution is 2.41. The van der Waals surface area contributed by atoms with Gasteiger partial charge in [0.2, 0.25) is 5.82 Å². The number of furan rings is 1. The molecule has 0 saturated heterocycles. The Kier molecular flexibility index (Phi) is 7.70. The minimum atomic E-state index is 0. The number of rotatable bonds is 6. The van der Waals surface area contributed by atoms with Gasteiger partial charge in [0.05, 0.1) is 12.8 Å². The van der Waals surface area contributed by atoms with Crippen LogP contribution in [-0.2, 0) is 12.0 Å². The van der Waals surface area contributed by atoms with Crippen molar-refractivity contribution >= 4 is 41.3 Å². The zero-order chi connectivity index (χ0) is 19.2. The van der Waals surface area contributed by atoms with Gasteiger partial charge in [0.25, 0.3) is 0 Å². The zero-order valence-electron chi connectivity index (χ0n) is 16.5. The van der Waals surface area contributed by atoms with E-state index in [1.807, 2.05) is 23.5 Å². The molecule has 0 atom stereocenters. The van der Waals surface area contributed by atoms with Crippen molar-refractivity contribution in [3.05, 3.63) is 46.6 Å². The number of aliphatic imine (C=N–C) groups is 1. The van der Waals surface area contributed by atoms with Crippen LogP contribution in [0.1, 0.15) is 42.8 Å². The summed E-state index contributed by atoms with van der Waals surface area (Å²) in [4.78, 5) is 10.3. The molecule has 0 amide bonds. The van der Waals surface area contributed by atoms with Gasteiger partial charge in [-0.3, -0.25) is 10.1 Å². The standard InChI is InChI=1S/C20H26N6OS.HI/c1-21-19(22-13-17-24-18(26-25-17)15-7-5-11-27-15)23-14-20(9-3-2-4-10-20)16-8-6-12-28-16;/h5-8,11-12H,2-4,9-10,13-14H2,1H3,(H2,21,22,23)(H,24,25,26);1H. The average molecular weight is 526 g/mol. The summed E-state index contributed by atoms with van der Waals surface area (Å²) in [5.41, 5.74) is 0.211. The molecule has 1 saturated carbocycles. The maximum atomic E-state index is 5.33. The van der Waals surface area contributed by atoms with Crippen LogP contribution in [0.25, 0.3) is 11.6 Å². The van der Waals surface area contributed by atoms with Crippen molar-refractivity contribution in [2.75, 3.05) is 13.6 Å². The molecule has 156 valence electrons. The second-order valence-electron chi connectivity index (χ2n) is 7.18. The summed E-state index contributed by atoms with van der Waals surface area (Å²) in [7, 11) is 1.79. The lowest BCUT2D eigenvalue weighted by atomic mass is 9.73. The quantitative estimate of drug-likeness (QED) is 0.253. The van der Waals surface area contributed by atoms with E-state index in [0.717, 1.165) is 18.3 Å². The molecule has 4 rings (SSSR count). The Morgan fingerprint density at radius 1 is 1.24 bits per heavy atom. The molecule has 3 N–H and O–H groups in total. The van der Waals surface area contributed by atoms with Crippen LogP contribution in [0.4, 0.5) is 0 Å². The molecule has 7 nitrogen and oxygen atoms in total. The van der Waals surface area contributed by atoms with Crippen LogP contribution in [0.2, 0.25) is 0 Å². The molecular formula is C20H27IN6OS. The van der Waals surface area contributed by atoms with E-state index in [2.05, 4.69) is 48.3 Å². The van der Waals surface area contributed by atoms with E-state index < -0.39 is 0 Å². The number of aromatic nitrogens is 3. The van der Waals surface area contributed by atoms with Gasteiger partial charge in [-0.1, -0.05) is 25.3 Å². The van der Waals surface area contributed by atoms with E-state index in [0.29, 0.717) is 18.1 Å². The Morgan fingerprint density at radius 2 is 2.10 bits per heavy atom. The van der Waals surface area contributed by atoms with Gasteiger partial charge in [-0.05, 0) is 36.4 Å². The number of nitrogens with zero attached hydrogens (tertiary/aromatic N) is 3. The number of H-pyrrole nitrogens is 1. The highest BCUT2D eigenvalue weighted by Gasteiger charge is 2.34. The van der Waals surface area contributed by atoms with Crippen molar-refractivity contribution in [1.82, 2.24) is 25.8 Å². The average Bonchev–Trinajstić information content (AvgIpc) is 3.51. The number of halogens is 1. The van der Waals surface area contributed by atoms with Crippen LogP contribution < -0.4 is 10.6 Å². The van der Waals surface area contributed by atoms with E-state index in [4.69, 9.17) is 4.42 Å². The molecule has 3 aromatic rings. The molecule has 0 bridgehead atoms. The minimum absolute atomic E-state index is 0. The summed E-state index contributed by atoms with van der Waals surface area (Å²) in [5, 5.41) is 16.2. The van der Waals surface area contributed by atoms with E-state index in [-0.39, 0.29) is 29.4 Å². The van der Waals surface area contributed by atoms with Crippen molar-refractivity contribution in [3.8, 4) is 11.6 Å². The minimum Gasteiger partial charge on any atom is -0.461 e. The molecule has 0 radical (unpaired) electrons. The summed E-state index contributed by atoms with van der Waals surface area (Å²) in [6.07, 6.45) is 7.99. The van der Waals surface area contributed by atoms with Crippen molar-refractivity contribution < 1.29 is 4.42 Å². The number of hydrogen-bond acceptors (Lipinski definition) is 5. The smallest absolute Gasteiger partial charge is 0.216 e. The lowest BCUT2D eigenvalue weighted by molar-refractivity contribution is 0.296. The van der Waals surface area contributed by atoms with Crippen molar-refractivity contribution in [2.24, 2.45) is 4.99 Å². The normalized spacial score (nSPS) is 16.2. The third-order valence-electron chi connectivity index (χ3n) is 5.37. The van der Waals surface area contributed by atoms with Crippen molar-refractivity contribution in [1.29, 1.82) is 0 Å². The topological polar surface area (TPSA) is 91.1 Å². The molecule has 0 aliphatic heterocycles. The molecule has 1 aliphatic carbocycles. The zero-order valence-corrected chi connectivity index (χ0v) is 19.6. The molecule has 3 heterocycles.